The Labute approximate surface area is 85.2 Å². The fourth-order valence-electron chi connectivity index (χ4n) is 0.946. The Balaban J connectivity index is 3.12. The average molecular weight is 244 g/mol. The molecule has 1 aliphatic heterocycles. The van der Waals surface area contributed by atoms with Gasteiger partial charge in [0.25, 0.3) is 6.17 Å². The maximum absolute atomic E-state index is 13.4. The number of hydrogen-bond acceptors (Lipinski definition) is 4. The van der Waals surface area contributed by atoms with Crippen LogP contribution >= 0.6 is 0 Å². The lowest BCUT2D eigenvalue weighted by Gasteiger charge is -2.35. The molecule has 1 fully saturated rings. The highest BCUT2D eigenvalue weighted by molar-refractivity contribution is 5.98. The zero-order valence-corrected chi connectivity index (χ0v) is 7.62. The Bertz CT molecular complexity index is 340. The summed E-state index contributed by atoms with van der Waals surface area (Å²) >= 11 is 0. The Morgan fingerprint density at radius 3 is 2.38 bits per heavy atom. The van der Waals surface area contributed by atoms with Crippen LogP contribution in [0.2, 0.25) is 0 Å². The molecular formula is C6H4F4N2O4. The van der Waals surface area contributed by atoms with E-state index in [1.807, 2.05) is 0 Å². The smallest absolute Gasteiger partial charge is 0.405 e. The van der Waals surface area contributed by atoms with E-state index < -0.39 is 40.3 Å². The van der Waals surface area contributed by atoms with Crippen molar-refractivity contribution in [2.24, 2.45) is 0 Å². The monoisotopic (exact) mass is 244 g/mol. The first-order valence-corrected chi connectivity index (χ1v) is 3.74. The van der Waals surface area contributed by atoms with Crippen LogP contribution in [0.5, 0.6) is 0 Å². The van der Waals surface area contributed by atoms with Gasteiger partial charge in [-0.1, -0.05) is 19.2 Å². The molecule has 16 heavy (non-hydrogen) atoms. The van der Waals surface area contributed by atoms with Gasteiger partial charge < -0.3 is 4.74 Å². The molecule has 1 heterocycles. The average Bonchev–Trinajstić information content (AvgIpc) is 2.21. The molecule has 3 amide bonds. The molecule has 0 aromatic rings. The number of nitrogens with zero attached hydrogens (tertiary/aromatic N) is 2. The van der Waals surface area contributed by atoms with Gasteiger partial charge in [-0.3, -0.25) is 9.59 Å². The van der Waals surface area contributed by atoms with Crippen LogP contribution in [-0.2, 0) is 14.3 Å². The van der Waals surface area contributed by atoms with Crippen LogP contribution in [0.3, 0.4) is 0 Å². The van der Waals surface area contributed by atoms with Gasteiger partial charge in [-0.05, 0) is 0 Å². The highest BCUT2D eigenvalue weighted by atomic mass is 19.2. The standard InChI is InChI=1S/C6H4F4N2O4/c1-2(13)16-6(8)3(7)4(14)11(9)5(15)12(6)10/h3H,1H3. The molecule has 0 aliphatic carbocycles. The summed E-state index contributed by atoms with van der Waals surface area (Å²) in [5.41, 5.74) is 0. The van der Waals surface area contributed by atoms with Crippen molar-refractivity contribution in [1.82, 2.24) is 10.2 Å². The van der Waals surface area contributed by atoms with Crippen LogP contribution in [0.1, 0.15) is 6.92 Å². The molecule has 1 saturated heterocycles. The van der Waals surface area contributed by atoms with Crippen molar-refractivity contribution in [2.75, 3.05) is 0 Å². The van der Waals surface area contributed by atoms with Crippen molar-refractivity contribution in [3.63, 3.8) is 0 Å². The van der Waals surface area contributed by atoms with Crippen LogP contribution in [0.15, 0.2) is 0 Å². The zero-order chi connectivity index (χ0) is 12.7. The van der Waals surface area contributed by atoms with E-state index in [4.69, 9.17) is 0 Å². The molecule has 0 saturated carbocycles. The molecule has 0 radical (unpaired) electrons. The van der Waals surface area contributed by atoms with Crippen LogP contribution in [0.25, 0.3) is 0 Å². The summed E-state index contributed by atoms with van der Waals surface area (Å²) in [5.74, 6) is -8.09. The summed E-state index contributed by atoms with van der Waals surface area (Å²) in [6.45, 7) is 0.582. The van der Waals surface area contributed by atoms with E-state index in [0.717, 1.165) is 0 Å². The van der Waals surface area contributed by atoms with E-state index in [1.54, 1.807) is 0 Å². The fourth-order valence-corrected chi connectivity index (χ4v) is 0.946. The number of carbonyl (C=O) groups excluding carboxylic acids is 3. The molecule has 2 atom stereocenters. The molecule has 90 valence electrons. The third-order valence-electron chi connectivity index (χ3n) is 1.61. The van der Waals surface area contributed by atoms with Crippen molar-refractivity contribution in [2.45, 2.75) is 19.1 Å². The normalized spacial score (nSPS) is 30.7. The summed E-state index contributed by atoms with van der Waals surface area (Å²) in [6.07, 6.45) is -3.51. The number of alkyl halides is 2. The van der Waals surface area contributed by atoms with Gasteiger partial charge in [0, 0.05) is 6.92 Å². The molecular weight excluding hydrogens is 240 g/mol. The first kappa shape index (κ1) is 12.2. The summed E-state index contributed by atoms with van der Waals surface area (Å²) in [5, 5.41) is -3.12. The van der Waals surface area contributed by atoms with Gasteiger partial charge in [-0.25, -0.2) is 9.18 Å². The lowest BCUT2D eigenvalue weighted by atomic mass is 10.2. The fraction of sp³-hybridized carbons (Fsp3) is 0.500. The Morgan fingerprint density at radius 2 is 1.94 bits per heavy atom. The highest BCUT2D eigenvalue weighted by Crippen LogP contribution is 2.33. The highest BCUT2D eigenvalue weighted by Gasteiger charge is 2.64. The molecule has 0 bridgehead atoms. The molecule has 1 rings (SSSR count). The van der Waals surface area contributed by atoms with Crippen molar-refractivity contribution in [3.8, 4) is 0 Å². The lowest BCUT2D eigenvalue weighted by Crippen LogP contribution is -2.65. The van der Waals surface area contributed by atoms with Gasteiger partial charge in [0.1, 0.15) is 0 Å². The van der Waals surface area contributed by atoms with Gasteiger partial charge in [0.15, 0.2) is 0 Å². The predicted molar refractivity (Wildman–Crippen MR) is 36.8 cm³/mol. The molecule has 0 aromatic heterocycles. The molecule has 6 nitrogen and oxygen atoms in total. The van der Waals surface area contributed by atoms with Crippen molar-refractivity contribution in [1.29, 1.82) is 0 Å². The number of carbonyl (C=O) groups is 3. The number of imide groups is 1. The van der Waals surface area contributed by atoms with E-state index in [9.17, 15) is 32.1 Å². The summed E-state index contributed by atoms with van der Waals surface area (Å²) in [7, 11) is 0. The molecule has 10 heteroatoms. The van der Waals surface area contributed by atoms with E-state index >= 15 is 0 Å². The molecule has 2 unspecified atom stereocenters. The topological polar surface area (TPSA) is 66.9 Å². The lowest BCUT2D eigenvalue weighted by molar-refractivity contribution is -0.305. The Hall–Kier alpha value is -1.87. The minimum absolute atomic E-state index is 0.582. The van der Waals surface area contributed by atoms with Crippen LogP contribution < -0.4 is 0 Å². The number of amides is 3. The number of ether oxygens (including phenoxy) is 1. The maximum Gasteiger partial charge on any atom is 0.405 e. The van der Waals surface area contributed by atoms with E-state index in [2.05, 4.69) is 4.74 Å². The van der Waals surface area contributed by atoms with Gasteiger partial charge in [-0.15, -0.1) is 0 Å². The zero-order valence-electron chi connectivity index (χ0n) is 7.62. The first-order chi connectivity index (χ1) is 7.21. The number of urea groups is 1. The van der Waals surface area contributed by atoms with Gasteiger partial charge >= 0.3 is 23.9 Å². The molecule has 0 spiro atoms. The minimum Gasteiger partial charge on any atom is -0.405 e. The first-order valence-electron chi connectivity index (χ1n) is 3.74. The maximum atomic E-state index is 13.4. The third-order valence-corrected chi connectivity index (χ3v) is 1.61. The molecule has 0 N–H and O–H groups in total. The predicted octanol–water partition coefficient (Wildman–Crippen LogP) is 0.544. The minimum atomic E-state index is -4.29. The summed E-state index contributed by atoms with van der Waals surface area (Å²) < 4.78 is 55.1. The van der Waals surface area contributed by atoms with E-state index in [1.165, 1.54) is 0 Å². The van der Waals surface area contributed by atoms with Gasteiger partial charge in [0.2, 0.25) is 0 Å². The van der Waals surface area contributed by atoms with Crippen molar-refractivity contribution >= 4 is 17.9 Å². The SMILES string of the molecule is CC(=O)OC1(F)C(F)C(=O)N(F)C(=O)N1F. The summed E-state index contributed by atoms with van der Waals surface area (Å²) in [4.78, 5) is 31.5. The Morgan fingerprint density at radius 1 is 1.44 bits per heavy atom. The molecule has 1 aliphatic rings. The third kappa shape index (κ3) is 1.55. The number of halogens is 4. The second-order valence-electron chi connectivity index (χ2n) is 2.75. The second-order valence-corrected chi connectivity index (χ2v) is 2.75. The number of esters is 1. The van der Waals surface area contributed by atoms with E-state index in [-0.39, 0.29) is 0 Å². The molecule has 0 aromatic carbocycles. The number of rotatable bonds is 1. The van der Waals surface area contributed by atoms with Gasteiger partial charge in [-0.2, -0.15) is 4.39 Å². The van der Waals surface area contributed by atoms with Crippen LogP contribution in [0.4, 0.5) is 22.5 Å². The quantitative estimate of drug-likeness (QED) is 0.292. The largest absolute Gasteiger partial charge is 0.405 e. The summed E-state index contributed by atoms with van der Waals surface area (Å²) in [6, 6.07) is -2.43. The van der Waals surface area contributed by atoms with Crippen molar-refractivity contribution < 1.29 is 36.9 Å². The van der Waals surface area contributed by atoms with Crippen LogP contribution in [0, 0.1) is 0 Å². The Kier molecular flexibility index (Phi) is 2.75. The number of hydrogen-bond donors (Lipinski definition) is 0. The van der Waals surface area contributed by atoms with Crippen LogP contribution in [-0.4, -0.2) is 40.3 Å². The van der Waals surface area contributed by atoms with Gasteiger partial charge in [0.05, 0.1) is 0 Å². The van der Waals surface area contributed by atoms with Crippen molar-refractivity contribution in [3.05, 3.63) is 0 Å². The second kappa shape index (κ2) is 3.61. The van der Waals surface area contributed by atoms with E-state index in [0.29, 0.717) is 6.92 Å².